The first-order valence-electron chi connectivity index (χ1n) is 10.7. The van der Waals surface area contributed by atoms with Crippen molar-refractivity contribution in [1.82, 2.24) is 19.8 Å². The molecular formula is C25H24ClN5O. The first-order valence-corrected chi connectivity index (χ1v) is 11.1. The Morgan fingerprint density at radius 2 is 1.91 bits per heavy atom. The van der Waals surface area contributed by atoms with Crippen LogP contribution < -0.4 is 5.73 Å². The molecule has 1 aliphatic rings. The Bertz CT molecular complexity index is 1320. The normalized spacial score (nSPS) is 17.4. The monoisotopic (exact) mass is 445 g/mol. The van der Waals surface area contributed by atoms with Gasteiger partial charge in [-0.15, -0.1) is 0 Å². The summed E-state index contributed by atoms with van der Waals surface area (Å²) >= 11 is 6.07. The number of pyridine rings is 2. The lowest BCUT2D eigenvalue weighted by atomic mass is 10.1. The summed E-state index contributed by atoms with van der Waals surface area (Å²) in [6.45, 7) is 4.65. The molecule has 7 heteroatoms. The molecule has 32 heavy (non-hydrogen) atoms. The number of carbonyl (C=O) groups is 1. The second-order valence-corrected chi connectivity index (χ2v) is 8.76. The molecule has 0 unspecified atom stereocenters. The van der Waals surface area contributed by atoms with Crippen LogP contribution in [-0.2, 0) is 17.9 Å². The quantitative estimate of drug-likeness (QED) is 0.508. The van der Waals surface area contributed by atoms with Crippen molar-refractivity contribution in [3.63, 3.8) is 0 Å². The number of nitrogens with zero attached hydrogens (tertiary/aromatic N) is 4. The molecule has 2 N–H and O–H groups in total. The Labute approximate surface area is 191 Å². The van der Waals surface area contributed by atoms with Gasteiger partial charge >= 0.3 is 0 Å². The fourth-order valence-electron chi connectivity index (χ4n) is 4.33. The Morgan fingerprint density at radius 3 is 2.78 bits per heavy atom. The van der Waals surface area contributed by atoms with Crippen molar-refractivity contribution in [2.45, 2.75) is 26.1 Å². The van der Waals surface area contributed by atoms with Gasteiger partial charge in [-0.25, -0.2) is 0 Å². The van der Waals surface area contributed by atoms with Crippen molar-refractivity contribution in [2.24, 2.45) is 0 Å². The van der Waals surface area contributed by atoms with Crippen LogP contribution in [-0.4, -0.2) is 44.8 Å². The van der Waals surface area contributed by atoms with E-state index in [0.29, 0.717) is 30.3 Å². The number of nitrogen functional groups attached to an aromatic ring is 1. The van der Waals surface area contributed by atoms with Crippen molar-refractivity contribution < 1.29 is 4.79 Å². The molecule has 1 amide bonds. The van der Waals surface area contributed by atoms with Crippen LogP contribution in [0.25, 0.3) is 21.7 Å². The lowest BCUT2D eigenvalue weighted by Crippen LogP contribution is -2.54. The molecule has 6 nitrogen and oxygen atoms in total. The van der Waals surface area contributed by atoms with Crippen molar-refractivity contribution in [3.8, 4) is 0 Å². The lowest BCUT2D eigenvalue weighted by molar-refractivity contribution is -0.142. The summed E-state index contributed by atoms with van der Waals surface area (Å²) in [5, 5.41) is 3.75. The molecule has 0 aliphatic carbocycles. The predicted molar refractivity (Wildman–Crippen MR) is 128 cm³/mol. The second kappa shape index (κ2) is 8.37. The van der Waals surface area contributed by atoms with Crippen LogP contribution in [0.3, 0.4) is 0 Å². The van der Waals surface area contributed by atoms with Gasteiger partial charge in [-0.05, 0) is 48.2 Å². The maximum atomic E-state index is 13.1. The number of aromatic nitrogens is 2. The number of piperazine rings is 1. The summed E-state index contributed by atoms with van der Waals surface area (Å²) in [4.78, 5) is 26.2. The molecule has 1 atom stereocenters. The van der Waals surface area contributed by atoms with E-state index in [1.165, 1.54) is 0 Å². The number of benzene rings is 2. The van der Waals surface area contributed by atoms with Crippen LogP contribution in [0, 0.1) is 0 Å². The number of fused-ring (bicyclic) bond motifs is 2. The molecule has 1 aliphatic heterocycles. The van der Waals surface area contributed by atoms with Gasteiger partial charge < -0.3 is 10.6 Å². The minimum absolute atomic E-state index is 0.129. The van der Waals surface area contributed by atoms with Gasteiger partial charge in [-0.2, -0.15) is 0 Å². The summed E-state index contributed by atoms with van der Waals surface area (Å²) in [5.41, 5.74) is 9.60. The van der Waals surface area contributed by atoms with E-state index in [1.807, 2.05) is 54.4 Å². The number of amides is 1. The molecule has 2 aromatic carbocycles. The molecule has 1 saturated heterocycles. The molecule has 162 valence electrons. The van der Waals surface area contributed by atoms with Gasteiger partial charge in [0.05, 0.1) is 17.3 Å². The number of halogens is 1. The molecule has 3 heterocycles. The van der Waals surface area contributed by atoms with E-state index < -0.39 is 0 Å². The summed E-state index contributed by atoms with van der Waals surface area (Å²) in [6, 6.07) is 15.5. The molecular weight excluding hydrogens is 422 g/mol. The minimum atomic E-state index is -0.208. The number of nitrogens with two attached hydrogens (primary N) is 1. The average molecular weight is 446 g/mol. The third-order valence-corrected chi connectivity index (χ3v) is 6.43. The smallest absolute Gasteiger partial charge is 0.239 e. The molecule has 0 radical (unpaired) electrons. The zero-order valence-electron chi connectivity index (χ0n) is 17.8. The Balaban J connectivity index is 1.28. The van der Waals surface area contributed by atoms with Gasteiger partial charge in [0.1, 0.15) is 0 Å². The van der Waals surface area contributed by atoms with Crippen molar-refractivity contribution in [2.75, 3.05) is 18.8 Å². The molecule has 0 bridgehead atoms. The van der Waals surface area contributed by atoms with E-state index in [-0.39, 0.29) is 11.9 Å². The maximum Gasteiger partial charge on any atom is 0.239 e. The average Bonchev–Trinajstić information content (AvgIpc) is 2.79. The minimum Gasteiger partial charge on any atom is -0.398 e. The SMILES string of the molecule is C[C@H]1C(=O)N(Cc2ccc3c(N)ccnc3c2)CCN1Cc1cc2ccc(Cl)cc2cn1. The highest BCUT2D eigenvalue weighted by Crippen LogP contribution is 2.23. The van der Waals surface area contributed by atoms with Crippen molar-refractivity contribution in [3.05, 3.63) is 77.2 Å². The predicted octanol–water partition coefficient (Wildman–Crippen LogP) is 4.25. The summed E-state index contributed by atoms with van der Waals surface area (Å²) in [7, 11) is 0. The van der Waals surface area contributed by atoms with E-state index in [0.717, 1.165) is 39.5 Å². The van der Waals surface area contributed by atoms with E-state index in [4.69, 9.17) is 17.3 Å². The molecule has 0 spiro atoms. The number of anilines is 1. The Kier molecular flexibility index (Phi) is 5.41. The second-order valence-electron chi connectivity index (χ2n) is 8.33. The molecule has 2 aromatic heterocycles. The molecule has 4 aromatic rings. The number of rotatable bonds is 4. The van der Waals surface area contributed by atoms with E-state index in [2.05, 4.69) is 20.9 Å². The number of hydrogen-bond acceptors (Lipinski definition) is 5. The van der Waals surface area contributed by atoms with Crippen molar-refractivity contribution in [1.29, 1.82) is 0 Å². The number of hydrogen-bond donors (Lipinski definition) is 1. The van der Waals surface area contributed by atoms with Gasteiger partial charge in [0.2, 0.25) is 5.91 Å². The van der Waals surface area contributed by atoms with Crippen LogP contribution >= 0.6 is 11.6 Å². The van der Waals surface area contributed by atoms with Crippen LogP contribution in [0.15, 0.2) is 60.9 Å². The fourth-order valence-corrected chi connectivity index (χ4v) is 4.51. The van der Waals surface area contributed by atoms with Gasteiger partial charge in [0.25, 0.3) is 0 Å². The highest BCUT2D eigenvalue weighted by molar-refractivity contribution is 6.31. The first-order chi connectivity index (χ1) is 15.5. The first kappa shape index (κ1) is 20.7. The third kappa shape index (κ3) is 3.99. The third-order valence-electron chi connectivity index (χ3n) is 6.19. The van der Waals surface area contributed by atoms with E-state index in [1.54, 1.807) is 12.3 Å². The largest absolute Gasteiger partial charge is 0.398 e. The summed E-state index contributed by atoms with van der Waals surface area (Å²) in [6.07, 6.45) is 3.56. The zero-order valence-corrected chi connectivity index (χ0v) is 18.6. The topological polar surface area (TPSA) is 75.3 Å². The van der Waals surface area contributed by atoms with Gasteiger partial charge in [-0.1, -0.05) is 29.8 Å². The van der Waals surface area contributed by atoms with Crippen LogP contribution in [0.1, 0.15) is 18.2 Å². The van der Waals surface area contributed by atoms with Crippen LogP contribution in [0.5, 0.6) is 0 Å². The van der Waals surface area contributed by atoms with Gasteiger partial charge in [0, 0.05) is 60.1 Å². The Morgan fingerprint density at radius 1 is 1.03 bits per heavy atom. The van der Waals surface area contributed by atoms with Crippen molar-refractivity contribution >= 4 is 44.9 Å². The molecule has 5 rings (SSSR count). The van der Waals surface area contributed by atoms with Gasteiger partial charge in [0.15, 0.2) is 0 Å². The van der Waals surface area contributed by atoms with Crippen LogP contribution in [0.4, 0.5) is 5.69 Å². The highest BCUT2D eigenvalue weighted by atomic mass is 35.5. The van der Waals surface area contributed by atoms with E-state index >= 15 is 0 Å². The fraction of sp³-hybridized carbons (Fsp3) is 0.240. The van der Waals surface area contributed by atoms with Gasteiger partial charge in [-0.3, -0.25) is 19.7 Å². The maximum absolute atomic E-state index is 13.1. The van der Waals surface area contributed by atoms with Crippen LogP contribution in [0.2, 0.25) is 5.02 Å². The molecule has 1 fully saturated rings. The van der Waals surface area contributed by atoms with E-state index in [9.17, 15) is 4.79 Å². The summed E-state index contributed by atoms with van der Waals surface area (Å²) < 4.78 is 0. The zero-order chi connectivity index (χ0) is 22.2. The molecule has 0 saturated carbocycles. The Hall–Kier alpha value is -3.22. The lowest BCUT2D eigenvalue weighted by Gasteiger charge is -2.39. The summed E-state index contributed by atoms with van der Waals surface area (Å²) in [5.74, 6) is 0.129. The highest BCUT2D eigenvalue weighted by Gasteiger charge is 2.31. The standard InChI is InChI=1S/C25H24ClN5O/c1-16-25(32)31(14-17-2-5-22-23(27)6-7-28-24(22)10-17)9-8-30(16)15-21-12-18-3-4-20(26)11-19(18)13-29-21/h2-7,10-13,16H,8-9,14-15H2,1H3,(H2,27,28)/t16-/m0/s1. The number of carbonyl (C=O) groups excluding carboxylic acids is 1.